The Morgan fingerprint density at radius 1 is 1.64 bits per heavy atom. The molecule has 60 valence electrons. The minimum atomic E-state index is -0.109. The Bertz CT molecular complexity index is 214. The molecule has 0 bridgehead atoms. The lowest BCUT2D eigenvalue weighted by Gasteiger charge is -2.35. The first-order valence-corrected chi connectivity index (χ1v) is 3.76. The quantitative estimate of drug-likeness (QED) is 0.670. The predicted octanol–water partition coefficient (Wildman–Crippen LogP) is 0.456. The Balaban J connectivity index is 1.84. The lowest BCUT2D eigenvalue weighted by Crippen LogP contribution is -2.49. The summed E-state index contributed by atoms with van der Waals surface area (Å²) < 4.78 is 4.92. The standard InChI is InChI=1S/C8H11NO2/c10-8-4-9(5-8)3-7-1-2-11-6-7/h1-2,6,8,10H,3-5H2. The second kappa shape index (κ2) is 2.68. The zero-order chi connectivity index (χ0) is 7.68. The highest BCUT2D eigenvalue weighted by molar-refractivity contribution is 5.05. The van der Waals surface area contributed by atoms with E-state index in [0.29, 0.717) is 0 Å². The van der Waals surface area contributed by atoms with E-state index >= 15 is 0 Å². The highest BCUT2D eigenvalue weighted by atomic mass is 16.3. The number of rotatable bonds is 2. The molecule has 1 aromatic rings. The third-order valence-electron chi connectivity index (χ3n) is 1.92. The summed E-state index contributed by atoms with van der Waals surface area (Å²) in [5.41, 5.74) is 1.18. The molecule has 0 aromatic carbocycles. The Labute approximate surface area is 65.2 Å². The van der Waals surface area contributed by atoms with E-state index in [0.717, 1.165) is 19.6 Å². The van der Waals surface area contributed by atoms with Gasteiger partial charge in [-0.3, -0.25) is 4.90 Å². The van der Waals surface area contributed by atoms with Crippen molar-refractivity contribution >= 4 is 0 Å². The molecule has 0 saturated carbocycles. The fourth-order valence-corrected chi connectivity index (χ4v) is 1.31. The van der Waals surface area contributed by atoms with E-state index in [1.165, 1.54) is 5.56 Å². The molecule has 11 heavy (non-hydrogen) atoms. The summed E-state index contributed by atoms with van der Waals surface area (Å²) in [4.78, 5) is 2.18. The molecule has 1 saturated heterocycles. The monoisotopic (exact) mass is 153 g/mol. The van der Waals surface area contributed by atoms with Gasteiger partial charge in [-0.15, -0.1) is 0 Å². The first-order valence-electron chi connectivity index (χ1n) is 3.76. The third-order valence-corrected chi connectivity index (χ3v) is 1.92. The summed E-state index contributed by atoms with van der Waals surface area (Å²) in [7, 11) is 0. The fourth-order valence-electron chi connectivity index (χ4n) is 1.31. The number of nitrogens with zero attached hydrogens (tertiary/aromatic N) is 1. The van der Waals surface area contributed by atoms with Crippen LogP contribution in [0.2, 0.25) is 0 Å². The van der Waals surface area contributed by atoms with Gasteiger partial charge < -0.3 is 9.52 Å². The largest absolute Gasteiger partial charge is 0.472 e. The van der Waals surface area contributed by atoms with Crippen molar-refractivity contribution in [1.82, 2.24) is 4.90 Å². The molecule has 1 fully saturated rings. The molecule has 3 nitrogen and oxygen atoms in total. The van der Waals surface area contributed by atoms with Gasteiger partial charge >= 0.3 is 0 Å². The molecular formula is C8H11NO2. The van der Waals surface area contributed by atoms with E-state index in [1.807, 2.05) is 6.07 Å². The van der Waals surface area contributed by atoms with Crippen LogP contribution in [0.25, 0.3) is 0 Å². The molecule has 1 aliphatic rings. The zero-order valence-corrected chi connectivity index (χ0v) is 6.23. The van der Waals surface area contributed by atoms with Gasteiger partial charge in [-0.2, -0.15) is 0 Å². The summed E-state index contributed by atoms with van der Waals surface area (Å²) in [6.45, 7) is 2.49. The number of aliphatic hydroxyl groups is 1. The van der Waals surface area contributed by atoms with Gasteiger partial charge in [0.05, 0.1) is 18.6 Å². The highest BCUT2D eigenvalue weighted by Crippen LogP contribution is 2.12. The third kappa shape index (κ3) is 1.44. The van der Waals surface area contributed by atoms with Crippen LogP contribution in [0.4, 0.5) is 0 Å². The predicted molar refractivity (Wildman–Crippen MR) is 40.0 cm³/mol. The van der Waals surface area contributed by atoms with E-state index in [2.05, 4.69) is 4.90 Å². The minimum absolute atomic E-state index is 0.109. The normalized spacial score (nSPS) is 20.1. The van der Waals surface area contributed by atoms with Crippen molar-refractivity contribution in [3.05, 3.63) is 24.2 Å². The van der Waals surface area contributed by atoms with Crippen LogP contribution in [0.3, 0.4) is 0 Å². The minimum Gasteiger partial charge on any atom is -0.472 e. The first kappa shape index (κ1) is 6.88. The van der Waals surface area contributed by atoms with E-state index in [4.69, 9.17) is 9.52 Å². The Kier molecular flexibility index (Phi) is 1.68. The van der Waals surface area contributed by atoms with Crippen LogP contribution in [0.15, 0.2) is 23.0 Å². The van der Waals surface area contributed by atoms with Gasteiger partial charge in [0.25, 0.3) is 0 Å². The lowest BCUT2D eigenvalue weighted by molar-refractivity contribution is -0.00295. The van der Waals surface area contributed by atoms with Crippen molar-refractivity contribution in [1.29, 1.82) is 0 Å². The topological polar surface area (TPSA) is 36.6 Å². The van der Waals surface area contributed by atoms with E-state index < -0.39 is 0 Å². The second-order valence-corrected chi connectivity index (χ2v) is 2.98. The highest BCUT2D eigenvalue weighted by Gasteiger charge is 2.23. The average molecular weight is 153 g/mol. The number of hydrogen-bond donors (Lipinski definition) is 1. The first-order chi connectivity index (χ1) is 5.34. The maximum absolute atomic E-state index is 8.98. The number of aliphatic hydroxyl groups excluding tert-OH is 1. The second-order valence-electron chi connectivity index (χ2n) is 2.98. The van der Waals surface area contributed by atoms with Crippen LogP contribution in [0.5, 0.6) is 0 Å². The van der Waals surface area contributed by atoms with Crippen molar-refractivity contribution < 1.29 is 9.52 Å². The summed E-state index contributed by atoms with van der Waals surface area (Å²) in [5, 5.41) is 8.98. The maximum atomic E-state index is 8.98. The van der Waals surface area contributed by atoms with Crippen LogP contribution < -0.4 is 0 Å². The molecule has 3 heteroatoms. The van der Waals surface area contributed by atoms with E-state index in [-0.39, 0.29) is 6.10 Å². The van der Waals surface area contributed by atoms with Crippen LogP contribution in [-0.4, -0.2) is 29.2 Å². The fraction of sp³-hybridized carbons (Fsp3) is 0.500. The Morgan fingerprint density at radius 3 is 3.00 bits per heavy atom. The molecule has 0 aliphatic carbocycles. The molecular weight excluding hydrogens is 142 g/mol. The molecule has 2 heterocycles. The summed E-state index contributed by atoms with van der Waals surface area (Å²) in [6.07, 6.45) is 3.30. The number of likely N-dealkylation sites (tertiary alicyclic amines) is 1. The summed E-state index contributed by atoms with van der Waals surface area (Å²) in [6, 6.07) is 1.95. The SMILES string of the molecule is OC1CN(Cc2ccoc2)C1. The number of β-amino-alcohol motifs (C(OH)–C–C–N with tert-alkyl or cyclic N) is 1. The average Bonchev–Trinajstić information content (AvgIpc) is 2.36. The van der Waals surface area contributed by atoms with Crippen LogP contribution >= 0.6 is 0 Å². The van der Waals surface area contributed by atoms with Crippen molar-refractivity contribution in [3.63, 3.8) is 0 Å². The van der Waals surface area contributed by atoms with Crippen molar-refractivity contribution in [2.75, 3.05) is 13.1 Å². The number of furan rings is 1. The van der Waals surface area contributed by atoms with E-state index in [9.17, 15) is 0 Å². The van der Waals surface area contributed by atoms with Gasteiger partial charge in [0, 0.05) is 25.2 Å². The number of hydrogen-bond acceptors (Lipinski definition) is 3. The molecule has 0 amide bonds. The van der Waals surface area contributed by atoms with Gasteiger partial charge in [-0.1, -0.05) is 0 Å². The van der Waals surface area contributed by atoms with Crippen molar-refractivity contribution in [2.24, 2.45) is 0 Å². The molecule has 1 aromatic heterocycles. The smallest absolute Gasteiger partial charge is 0.0947 e. The molecule has 0 unspecified atom stereocenters. The summed E-state index contributed by atoms with van der Waals surface area (Å²) in [5.74, 6) is 0. The van der Waals surface area contributed by atoms with Crippen LogP contribution in [-0.2, 0) is 6.54 Å². The van der Waals surface area contributed by atoms with Gasteiger partial charge in [0.2, 0.25) is 0 Å². The van der Waals surface area contributed by atoms with Gasteiger partial charge in [-0.05, 0) is 6.07 Å². The van der Waals surface area contributed by atoms with Gasteiger partial charge in [-0.25, -0.2) is 0 Å². The Morgan fingerprint density at radius 2 is 2.45 bits per heavy atom. The molecule has 2 rings (SSSR count). The maximum Gasteiger partial charge on any atom is 0.0947 e. The lowest BCUT2D eigenvalue weighted by atomic mass is 10.1. The van der Waals surface area contributed by atoms with Crippen molar-refractivity contribution in [3.8, 4) is 0 Å². The van der Waals surface area contributed by atoms with Gasteiger partial charge in [0.1, 0.15) is 0 Å². The molecule has 0 spiro atoms. The zero-order valence-electron chi connectivity index (χ0n) is 6.23. The van der Waals surface area contributed by atoms with Crippen molar-refractivity contribution in [2.45, 2.75) is 12.6 Å². The van der Waals surface area contributed by atoms with Gasteiger partial charge in [0.15, 0.2) is 0 Å². The molecule has 1 aliphatic heterocycles. The summed E-state index contributed by atoms with van der Waals surface area (Å²) >= 11 is 0. The molecule has 0 atom stereocenters. The molecule has 0 radical (unpaired) electrons. The Hall–Kier alpha value is -0.800. The molecule has 1 N–H and O–H groups in total. The van der Waals surface area contributed by atoms with Crippen LogP contribution in [0.1, 0.15) is 5.56 Å². The van der Waals surface area contributed by atoms with E-state index in [1.54, 1.807) is 12.5 Å². The van der Waals surface area contributed by atoms with Crippen LogP contribution in [0, 0.1) is 0 Å².